The number of fused-ring (bicyclic) bond motifs is 1. The molecule has 0 spiro atoms. The first kappa shape index (κ1) is 17.7. The van der Waals surface area contributed by atoms with Gasteiger partial charge in [0.25, 0.3) is 5.56 Å². The lowest BCUT2D eigenvalue weighted by atomic mass is 9.73. The summed E-state index contributed by atoms with van der Waals surface area (Å²) in [6.07, 6.45) is 0.663. The monoisotopic (exact) mass is 350 g/mol. The molecule has 2 saturated heterocycles. The van der Waals surface area contributed by atoms with Crippen LogP contribution in [0.4, 0.5) is 5.82 Å². The molecule has 25 heavy (non-hydrogen) atoms. The van der Waals surface area contributed by atoms with Crippen LogP contribution in [0.25, 0.3) is 0 Å². The average molecular weight is 350 g/mol. The maximum atomic E-state index is 13.1. The third-order valence-corrected chi connectivity index (χ3v) is 5.78. The van der Waals surface area contributed by atoms with E-state index < -0.39 is 5.41 Å². The lowest BCUT2D eigenvalue weighted by Crippen LogP contribution is -2.51. The van der Waals surface area contributed by atoms with Gasteiger partial charge in [-0.05, 0) is 13.3 Å². The highest BCUT2D eigenvalue weighted by Crippen LogP contribution is 2.44. The summed E-state index contributed by atoms with van der Waals surface area (Å²) in [6, 6.07) is 1.47. The second-order valence-corrected chi connectivity index (χ2v) is 7.12. The topological polar surface area (TPSA) is 76.8 Å². The van der Waals surface area contributed by atoms with Crippen molar-refractivity contribution in [2.45, 2.75) is 13.3 Å². The summed E-state index contributed by atoms with van der Waals surface area (Å²) in [5.74, 6) is 0.746. The van der Waals surface area contributed by atoms with Gasteiger partial charge in [0.1, 0.15) is 5.82 Å². The van der Waals surface area contributed by atoms with Gasteiger partial charge in [0.2, 0.25) is 5.91 Å². The number of anilines is 1. The average Bonchev–Trinajstić information content (AvgIpc) is 3.02. The molecule has 0 radical (unpaired) electrons. The minimum Gasteiger partial charge on any atom is -0.381 e. The van der Waals surface area contributed by atoms with Gasteiger partial charge in [-0.1, -0.05) is 0 Å². The molecule has 2 aliphatic heterocycles. The summed E-state index contributed by atoms with van der Waals surface area (Å²) in [4.78, 5) is 41.2. The first-order chi connectivity index (χ1) is 11.8. The van der Waals surface area contributed by atoms with Crippen molar-refractivity contribution in [1.82, 2.24) is 14.0 Å². The largest absolute Gasteiger partial charge is 0.381 e. The molecule has 3 heterocycles. The molecule has 0 N–H and O–H groups in total. The van der Waals surface area contributed by atoms with Gasteiger partial charge in [0.05, 0.1) is 12.0 Å². The summed E-state index contributed by atoms with van der Waals surface area (Å²) in [7, 11) is 4.94. The van der Waals surface area contributed by atoms with E-state index in [9.17, 15) is 14.4 Å². The molecule has 2 aliphatic rings. The maximum absolute atomic E-state index is 13.1. The Morgan fingerprint density at radius 3 is 2.76 bits per heavy atom. The van der Waals surface area contributed by atoms with Gasteiger partial charge in [0, 0.05) is 59.4 Å². The standard InChI is InChI=1S/C17H26N4O4/c1-5-18(2)15(23)17-6-7-25-10-12(17)9-21(11-17)13-8-14(22)20(4)16(24)19(13)3/h8,12H,5-7,9-11H2,1-4H3. The summed E-state index contributed by atoms with van der Waals surface area (Å²) >= 11 is 0. The highest BCUT2D eigenvalue weighted by atomic mass is 16.5. The Hall–Kier alpha value is -2.09. The molecule has 1 aromatic heterocycles. The first-order valence-corrected chi connectivity index (χ1v) is 8.67. The van der Waals surface area contributed by atoms with E-state index >= 15 is 0 Å². The van der Waals surface area contributed by atoms with Crippen LogP contribution in [0.1, 0.15) is 13.3 Å². The molecule has 0 aliphatic carbocycles. The van der Waals surface area contributed by atoms with Gasteiger partial charge in [-0.2, -0.15) is 0 Å². The third kappa shape index (κ3) is 2.68. The number of hydrogen-bond donors (Lipinski definition) is 0. The number of hydrogen-bond acceptors (Lipinski definition) is 5. The van der Waals surface area contributed by atoms with E-state index in [1.165, 1.54) is 17.7 Å². The Morgan fingerprint density at radius 2 is 2.08 bits per heavy atom. The van der Waals surface area contributed by atoms with E-state index in [1.54, 1.807) is 11.9 Å². The fourth-order valence-electron chi connectivity index (χ4n) is 4.02. The van der Waals surface area contributed by atoms with Crippen molar-refractivity contribution in [2.24, 2.45) is 25.4 Å². The molecule has 2 fully saturated rings. The zero-order chi connectivity index (χ0) is 18.4. The molecule has 0 bridgehead atoms. The van der Waals surface area contributed by atoms with Crippen LogP contribution in [0.5, 0.6) is 0 Å². The highest BCUT2D eigenvalue weighted by Gasteiger charge is 2.54. The van der Waals surface area contributed by atoms with Gasteiger partial charge in [0.15, 0.2) is 0 Å². The Morgan fingerprint density at radius 1 is 1.36 bits per heavy atom. The third-order valence-electron chi connectivity index (χ3n) is 5.78. The van der Waals surface area contributed by atoms with Crippen LogP contribution >= 0.6 is 0 Å². The van der Waals surface area contributed by atoms with Crippen LogP contribution in [0.2, 0.25) is 0 Å². The van der Waals surface area contributed by atoms with Gasteiger partial charge in [-0.15, -0.1) is 0 Å². The minimum absolute atomic E-state index is 0.0573. The Kier molecular flexibility index (Phi) is 4.49. The number of nitrogens with zero attached hydrogens (tertiary/aromatic N) is 4. The number of amides is 1. The summed E-state index contributed by atoms with van der Waals surface area (Å²) in [5, 5.41) is 0. The number of rotatable bonds is 3. The van der Waals surface area contributed by atoms with E-state index in [0.29, 0.717) is 45.1 Å². The zero-order valence-corrected chi connectivity index (χ0v) is 15.3. The van der Waals surface area contributed by atoms with Crippen LogP contribution in [0.3, 0.4) is 0 Å². The van der Waals surface area contributed by atoms with Crippen molar-refractivity contribution in [3.63, 3.8) is 0 Å². The van der Waals surface area contributed by atoms with Crippen molar-refractivity contribution < 1.29 is 9.53 Å². The Balaban J connectivity index is 2.01. The van der Waals surface area contributed by atoms with Gasteiger partial charge >= 0.3 is 5.69 Å². The molecular weight excluding hydrogens is 324 g/mol. The number of carbonyl (C=O) groups excluding carboxylic acids is 1. The Labute approximate surface area is 146 Å². The second kappa shape index (κ2) is 6.33. The molecule has 3 rings (SSSR count). The summed E-state index contributed by atoms with van der Waals surface area (Å²) in [6.45, 7) is 4.80. The number of aromatic nitrogens is 2. The zero-order valence-electron chi connectivity index (χ0n) is 15.3. The van der Waals surface area contributed by atoms with Gasteiger partial charge in [-0.3, -0.25) is 18.7 Å². The second-order valence-electron chi connectivity index (χ2n) is 7.12. The molecule has 2 atom stereocenters. The summed E-state index contributed by atoms with van der Waals surface area (Å²) < 4.78 is 8.18. The van der Waals surface area contributed by atoms with Crippen molar-refractivity contribution >= 4 is 11.7 Å². The van der Waals surface area contributed by atoms with Crippen LogP contribution in [0.15, 0.2) is 15.7 Å². The molecule has 1 aromatic rings. The van der Waals surface area contributed by atoms with Gasteiger partial charge < -0.3 is 14.5 Å². The fourth-order valence-corrected chi connectivity index (χ4v) is 4.02. The van der Waals surface area contributed by atoms with Crippen molar-refractivity contribution in [3.8, 4) is 0 Å². The predicted molar refractivity (Wildman–Crippen MR) is 93.8 cm³/mol. The number of ether oxygens (including phenoxy) is 1. The molecule has 8 heteroatoms. The van der Waals surface area contributed by atoms with Crippen LogP contribution in [-0.2, 0) is 23.6 Å². The minimum atomic E-state index is -0.514. The molecular formula is C17H26N4O4. The predicted octanol–water partition coefficient (Wildman–Crippen LogP) is -0.595. The smallest absolute Gasteiger partial charge is 0.332 e. The Bertz CT molecular complexity index is 799. The molecule has 0 saturated carbocycles. The lowest BCUT2D eigenvalue weighted by Gasteiger charge is -2.39. The fraction of sp³-hybridized carbons (Fsp3) is 0.706. The maximum Gasteiger partial charge on any atom is 0.332 e. The summed E-state index contributed by atoms with van der Waals surface area (Å²) in [5.41, 5.74) is -1.21. The van der Waals surface area contributed by atoms with E-state index in [1.807, 2.05) is 18.9 Å². The van der Waals surface area contributed by atoms with E-state index in [-0.39, 0.29) is 23.1 Å². The highest BCUT2D eigenvalue weighted by molar-refractivity contribution is 5.84. The van der Waals surface area contributed by atoms with Crippen molar-refractivity contribution in [1.29, 1.82) is 0 Å². The molecule has 2 unspecified atom stereocenters. The molecule has 8 nitrogen and oxygen atoms in total. The first-order valence-electron chi connectivity index (χ1n) is 8.67. The van der Waals surface area contributed by atoms with Crippen LogP contribution in [0, 0.1) is 11.3 Å². The van der Waals surface area contributed by atoms with Crippen molar-refractivity contribution in [2.75, 3.05) is 44.8 Å². The quantitative estimate of drug-likeness (QED) is 0.728. The van der Waals surface area contributed by atoms with Gasteiger partial charge in [-0.25, -0.2) is 4.79 Å². The van der Waals surface area contributed by atoms with Crippen molar-refractivity contribution in [3.05, 3.63) is 26.9 Å². The van der Waals surface area contributed by atoms with E-state index in [4.69, 9.17) is 4.74 Å². The van der Waals surface area contributed by atoms with Crippen LogP contribution in [-0.4, -0.2) is 59.8 Å². The number of carbonyl (C=O) groups is 1. The van der Waals surface area contributed by atoms with Crippen LogP contribution < -0.4 is 16.1 Å². The lowest BCUT2D eigenvalue weighted by molar-refractivity contribution is -0.148. The molecule has 138 valence electrons. The normalized spacial score (nSPS) is 25.8. The van der Waals surface area contributed by atoms with E-state index in [2.05, 4.69) is 0 Å². The SMILES string of the molecule is CCN(C)C(=O)C12CCOCC1CN(c1cc(=O)n(C)c(=O)n1C)C2. The van der Waals surface area contributed by atoms with E-state index in [0.717, 1.165) is 4.57 Å². The molecule has 1 amide bonds. The molecule has 0 aromatic carbocycles.